The zero-order valence-electron chi connectivity index (χ0n) is 13.8. The molecule has 0 spiro atoms. The topological polar surface area (TPSA) is 85.5 Å². The summed E-state index contributed by atoms with van der Waals surface area (Å²) in [6.07, 6.45) is 3.30. The third-order valence-electron chi connectivity index (χ3n) is 3.47. The molecule has 1 fully saturated rings. The monoisotopic (exact) mass is 309 g/mol. The molecule has 2 rings (SSSR count). The highest BCUT2D eigenvalue weighted by atomic mass is 16.5. The van der Waals surface area contributed by atoms with E-state index in [0.717, 1.165) is 38.2 Å². The van der Waals surface area contributed by atoms with Crippen LogP contribution in [0.1, 0.15) is 31.0 Å². The first kappa shape index (κ1) is 16.8. The Hall–Kier alpha value is -1.60. The maximum Gasteiger partial charge on any atom is 0.242 e. The number of anilines is 2. The SMILES string of the molecule is COCCOc1nc(C2CC2)nc(NCCCN(C)C)c1N. The predicted molar refractivity (Wildman–Crippen MR) is 87.5 cm³/mol. The van der Waals surface area contributed by atoms with Crippen LogP contribution in [0.4, 0.5) is 11.5 Å². The van der Waals surface area contributed by atoms with Crippen LogP contribution in [-0.2, 0) is 4.74 Å². The van der Waals surface area contributed by atoms with Crippen molar-refractivity contribution in [3.8, 4) is 5.88 Å². The Bertz CT molecular complexity index is 477. The number of hydrogen-bond donors (Lipinski definition) is 2. The Morgan fingerprint density at radius 1 is 1.27 bits per heavy atom. The number of nitrogens with one attached hydrogen (secondary N) is 1. The molecule has 22 heavy (non-hydrogen) atoms. The van der Waals surface area contributed by atoms with Gasteiger partial charge in [0, 0.05) is 19.6 Å². The van der Waals surface area contributed by atoms with Crippen LogP contribution in [-0.4, -0.2) is 62.4 Å². The van der Waals surface area contributed by atoms with E-state index in [-0.39, 0.29) is 0 Å². The zero-order valence-corrected chi connectivity index (χ0v) is 13.8. The van der Waals surface area contributed by atoms with Crippen molar-refractivity contribution >= 4 is 11.5 Å². The van der Waals surface area contributed by atoms with E-state index in [4.69, 9.17) is 15.2 Å². The molecular weight excluding hydrogens is 282 g/mol. The van der Waals surface area contributed by atoms with Crippen LogP contribution in [0.3, 0.4) is 0 Å². The average Bonchev–Trinajstić information content (AvgIpc) is 3.31. The molecule has 7 heteroatoms. The number of rotatable bonds is 10. The van der Waals surface area contributed by atoms with Gasteiger partial charge < -0.3 is 25.4 Å². The number of methoxy groups -OCH3 is 1. The van der Waals surface area contributed by atoms with Crippen LogP contribution >= 0.6 is 0 Å². The second-order valence-electron chi connectivity index (χ2n) is 5.85. The maximum absolute atomic E-state index is 6.13. The summed E-state index contributed by atoms with van der Waals surface area (Å²) in [4.78, 5) is 11.2. The lowest BCUT2D eigenvalue weighted by atomic mass is 10.3. The molecule has 1 aliphatic carbocycles. The van der Waals surface area contributed by atoms with Crippen molar-refractivity contribution in [3.63, 3.8) is 0 Å². The van der Waals surface area contributed by atoms with Gasteiger partial charge in [-0.2, -0.15) is 4.98 Å². The van der Waals surface area contributed by atoms with Gasteiger partial charge in [-0.15, -0.1) is 0 Å². The van der Waals surface area contributed by atoms with Gasteiger partial charge in [-0.1, -0.05) is 0 Å². The van der Waals surface area contributed by atoms with E-state index in [1.807, 2.05) is 0 Å². The van der Waals surface area contributed by atoms with E-state index < -0.39 is 0 Å². The number of ether oxygens (including phenoxy) is 2. The average molecular weight is 309 g/mol. The van der Waals surface area contributed by atoms with E-state index in [2.05, 4.69) is 34.3 Å². The summed E-state index contributed by atoms with van der Waals surface area (Å²) in [7, 11) is 5.76. The number of hydrogen-bond acceptors (Lipinski definition) is 7. The summed E-state index contributed by atoms with van der Waals surface area (Å²) in [5.74, 6) is 2.43. The molecule has 0 aliphatic heterocycles. The third-order valence-corrected chi connectivity index (χ3v) is 3.47. The molecule has 0 unspecified atom stereocenters. The van der Waals surface area contributed by atoms with Gasteiger partial charge in [-0.05, 0) is 39.9 Å². The maximum atomic E-state index is 6.13. The minimum atomic E-state index is 0.432. The van der Waals surface area contributed by atoms with Crippen molar-refractivity contribution in [1.82, 2.24) is 14.9 Å². The molecule has 1 aromatic rings. The molecule has 1 aliphatic rings. The minimum Gasteiger partial charge on any atom is -0.474 e. The van der Waals surface area contributed by atoms with Gasteiger partial charge in [0.2, 0.25) is 5.88 Å². The normalized spacial score (nSPS) is 14.4. The lowest BCUT2D eigenvalue weighted by molar-refractivity contribution is 0.144. The summed E-state index contributed by atoms with van der Waals surface area (Å²) in [6, 6.07) is 0. The summed E-state index contributed by atoms with van der Waals surface area (Å²) in [6.45, 7) is 2.78. The number of nitrogens with zero attached hydrogens (tertiary/aromatic N) is 3. The van der Waals surface area contributed by atoms with Crippen molar-refractivity contribution in [3.05, 3.63) is 5.82 Å². The molecule has 0 radical (unpaired) electrons. The Kier molecular flexibility index (Phi) is 6.21. The first-order valence-corrected chi connectivity index (χ1v) is 7.79. The van der Waals surface area contributed by atoms with Gasteiger partial charge in [0.05, 0.1) is 6.61 Å². The summed E-state index contributed by atoms with van der Waals surface area (Å²) in [5.41, 5.74) is 6.61. The lowest BCUT2D eigenvalue weighted by Crippen LogP contribution is -2.18. The molecule has 0 bridgehead atoms. The molecule has 3 N–H and O–H groups in total. The van der Waals surface area contributed by atoms with Crippen LogP contribution in [0.5, 0.6) is 5.88 Å². The fourth-order valence-electron chi connectivity index (χ4n) is 2.06. The Morgan fingerprint density at radius 3 is 2.68 bits per heavy atom. The van der Waals surface area contributed by atoms with Gasteiger partial charge in [0.25, 0.3) is 0 Å². The van der Waals surface area contributed by atoms with Crippen molar-refractivity contribution in [2.24, 2.45) is 0 Å². The Labute approximate surface area is 132 Å². The third kappa shape index (κ3) is 4.99. The fraction of sp³-hybridized carbons (Fsp3) is 0.733. The molecule has 7 nitrogen and oxygen atoms in total. The van der Waals surface area contributed by atoms with E-state index >= 15 is 0 Å². The second kappa shape index (κ2) is 8.14. The van der Waals surface area contributed by atoms with E-state index in [9.17, 15) is 0 Å². The molecule has 124 valence electrons. The van der Waals surface area contributed by atoms with Crippen molar-refractivity contribution in [1.29, 1.82) is 0 Å². The highest BCUT2D eigenvalue weighted by molar-refractivity contribution is 5.67. The van der Waals surface area contributed by atoms with Crippen LogP contribution < -0.4 is 15.8 Å². The molecule has 1 heterocycles. The number of aromatic nitrogens is 2. The summed E-state index contributed by atoms with van der Waals surface area (Å²) < 4.78 is 10.6. The number of nitrogens with two attached hydrogens (primary N) is 1. The quantitative estimate of drug-likeness (QED) is 0.630. The molecule has 0 saturated heterocycles. The number of nitrogen functional groups attached to an aromatic ring is 1. The Balaban J connectivity index is 2.02. The van der Waals surface area contributed by atoms with Crippen LogP contribution in [0, 0.1) is 0 Å². The minimum absolute atomic E-state index is 0.432. The standard InChI is InChI=1S/C15H27N5O2/c1-20(2)8-4-7-17-14-12(16)15(22-10-9-21-3)19-13(18-14)11-5-6-11/h11H,4-10,16H2,1-3H3,(H,17,18,19). The summed E-state index contributed by atoms with van der Waals surface area (Å²) in [5, 5.41) is 3.31. The molecule has 1 saturated carbocycles. The predicted octanol–water partition coefficient (Wildman–Crippen LogP) is 1.33. The fourth-order valence-corrected chi connectivity index (χ4v) is 2.06. The lowest BCUT2D eigenvalue weighted by Gasteiger charge is -2.15. The molecular formula is C15H27N5O2. The van der Waals surface area contributed by atoms with Crippen molar-refractivity contribution in [2.45, 2.75) is 25.2 Å². The van der Waals surface area contributed by atoms with Gasteiger partial charge in [0.1, 0.15) is 18.1 Å². The smallest absolute Gasteiger partial charge is 0.242 e. The second-order valence-corrected chi connectivity index (χ2v) is 5.85. The van der Waals surface area contributed by atoms with Gasteiger partial charge in [-0.3, -0.25) is 0 Å². The first-order valence-electron chi connectivity index (χ1n) is 7.79. The van der Waals surface area contributed by atoms with Gasteiger partial charge in [-0.25, -0.2) is 4.98 Å². The highest BCUT2D eigenvalue weighted by Gasteiger charge is 2.28. The van der Waals surface area contributed by atoms with E-state index in [1.54, 1.807) is 7.11 Å². The zero-order chi connectivity index (χ0) is 15.9. The molecule has 1 aromatic heterocycles. The first-order chi connectivity index (χ1) is 10.6. The summed E-state index contributed by atoms with van der Waals surface area (Å²) >= 11 is 0. The van der Waals surface area contributed by atoms with Crippen molar-refractivity contribution in [2.75, 3.05) is 58.6 Å². The van der Waals surface area contributed by atoms with Crippen LogP contribution in [0.15, 0.2) is 0 Å². The molecule has 0 amide bonds. The van der Waals surface area contributed by atoms with Crippen LogP contribution in [0.25, 0.3) is 0 Å². The largest absolute Gasteiger partial charge is 0.474 e. The van der Waals surface area contributed by atoms with Crippen LogP contribution in [0.2, 0.25) is 0 Å². The van der Waals surface area contributed by atoms with Gasteiger partial charge in [0.15, 0.2) is 5.82 Å². The van der Waals surface area contributed by atoms with E-state index in [0.29, 0.717) is 36.5 Å². The molecule has 0 atom stereocenters. The van der Waals surface area contributed by atoms with Crippen molar-refractivity contribution < 1.29 is 9.47 Å². The highest BCUT2D eigenvalue weighted by Crippen LogP contribution is 2.40. The van der Waals surface area contributed by atoms with Gasteiger partial charge >= 0.3 is 0 Å². The molecule has 0 aromatic carbocycles. The Morgan fingerprint density at radius 2 is 2.05 bits per heavy atom. The van der Waals surface area contributed by atoms with E-state index in [1.165, 1.54) is 0 Å².